The maximum absolute atomic E-state index is 13.8. The topological polar surface area (TPSA) is 12.0 Å². The Balaban J connectivity index is 3.01. The number of nitrogens with one attached hydrogen (secondary N) is 1. The zero-order valence-corrected chi connectivity index (χ0v) is 11.6. The summed E-state index contributed by atoms with van der Waals surface area (Å²) in [5.74, 6) is -0.195. The van der Waals surface area contributed by atoms with E-state index in [4.69, 9.17) is 11.6 Å². The number of rotatable bonds is 6. The van der Waals surface area contributed by atoms with E-state index < -0.39 is 0 Å². The molecule has 0 bridgehead atoms. The van der Waals surface area contributed by atoms with Crippen LogP contribution in [-0.2, 0) is 6.42 Å². The van der Waals surface area contributed by atoms with Gasteiger partial charge in [0.2, 0.25) is 0 Å². The predicted molar refractivity (Wildman–Crippen MR) is 72.1 cm³/mol. The van der Waals surface area contributed by atoms with Gasteiger partial charge in [0.15, 0.2) is 0 Å². The molecular weight excluding hydrogens is 237 g/mol. The maximum atomic E-state index is 13.8. The van der Waals surface area contributed by atoms with Gasteiger partial charge in [-0.3, -0.25) is 0 Å². The van der Waals surface area contributed by atoms with Crippen LogP contribution in [0.1, 0.15) is 32.3 Å². The summed E-state index contributed by atoms with van der Waals surface area (Å²) in [7, 11) is 1.93. The highest BCUT2D eigenvalue weighted by Gasteiger charge is 2.27. The number of hydrogen-bond acceptors (Lipinski definition) is 1. The third-order valence-corrected chi connectivity index (χ3v) is 4.02. The summed E-state index contributed by atoms with van der Waals surface area (Å²) in [5, 5.41) is 3.74. The van der Waals surface area contributed by atoms with Crippen LogP contribution in [0.2, 0.25) is 5.02 Å². The maximum Gasteiger partial charge on any atom is 0.127 e. The van der Waals surface area contributed by atoms with E-state index in [1.165, 1.54) is 6.07 Å². The zero-order valence-electron chi connectivity index (χ0n) is 10.8. The summed E-state index contributed by atoms with van der Waals surface area (Å²) in [5.41, 5.74) is 0.730. The summed E-state index contributed by atoms with van der Waals surface area (Å²) in [6.07, 6.45) is 2.70. The molecule has 1 aromatic rings. The molecule has 0 aliphatic heterocycles. The second kappa shape index (κ2) is 6.36. The van der Waals surface area contributed by atoms with E-state index in [2.05, 4.69) is 19.2 Å². The quantitative estimate of drug-likeness (QED) is 0.811. The van der Waals surface area contributed by atoms with Gasteiger partial charge in [-0.2, -0.15) is 0 Å². The average molecular weight is 258 g/mol. The van der Waals surface area contributed by atoms with Gasteiger partial charge in [0, 0.05) is 17.1 Å². The standard InChI is InChI=1S/C14H21ClFN/c1-4-14(5-2,10-17-3)9-11-12(15)7-6-8-13(11)16/h6-8,17H,4-5,9-10H2,1-3H3. The van der Waals surface area contributed by atoms with E-state index in [1.807, 2.05) is 7.05 Å². The first-order valence-corrected chi connectivity index (χ1v) is 6.54. The van der Waals surface area contributed by atoms with Crippen molar-refractivity contribution in [1.29, 1.82) is 0 Å². The Hall–Kier alpha value is -0.600. The Kier molecular flexibility index (Phi) is 5.41. The predicted octanol–water partition coefficient (Wildman–Crippen LogP) is 4.05. The number of benzene rings is 1. The van der Waals surface area contributed by atoms with E-state index in [-0.39, 0.29) is 11.2 Å². The van der Waals surface area contributed by atoms with Crippen LogP contribution in [-0.4, -0.2) is 13.6 Å². The summed E-state index contributed by atoms with van der Waals surface area (Å²) in [6.45, 7) is 5.18. The van der Waals surface area contributed by atoms with Crippen molar-refractivity contribution in [2.75, 3.05) is 13.6 Å². The van der Waals surface area contributed by atoms with E-state index in [0.717, 1.165) is 19.4 Å². The van der Waals surface area contributed by atoms with Crippen LogP contribution in [0.4, 0.5) is 4.39 Å². The first kappa shape index (κ1) is 14.5. The molecule has 0 aromatic heterocycles. The van der Waals surface area contributed by atoms with Crippen LogP contribution in [0.3, 0.4) is 0 Å². The monoisotopic (exact) mass is 257 g/mol. The highest BCUT2D eigenvalue weighted by molar-refractivity contribution is 6.31. The molecule has 0 unspecified atom stereocenters. The van der Waals surface area contributed by atoms with Gasteiger partial charge in [-0.1, -0.05) is 31.5 Å². The zero-order chi connectivity index (χ0) is 12.9. The van der Waals surface area contributed by atoms with E-state index in [9.17, 15) is 4.39 Å². The molecule has 1 N–H and O–H groups in total. The molecule has 0 amide bonds. The fraction of sp³-hybridized carbons (Fsp3) is 0.571. The SMILES string of the molecule is CCC(CC)(CNC)Cc1c(F)cccc1Cl. The largest absolute Gasteiger partial charge is 0.319 e. The van der Waals surface area contributed by atoms with Gasteiger partial charge < -0.3 is 5.32 Å². The Morgan fingerprint density at radius 2 is 1.94 bits per heavy atom. The molecule has 0 aliphatic rings. The summed E-state index contributed by atoms with van der Waals surface area (Å²) in [6, 6.07) is 4.89. The Morgan fingerprint density at radius 1 is 1.29 bits per heavy atom. The molecule has 0 spiro atoms. The smallest absolute Gasteiger partial charge is 0.127 e. The Bertz CT molecular complexity index is 341. The van der Waals surface area contributed by atoms with Crippen LogP contribution in [0, 0.1) is 11.2 Å². The summed E-state index contributed by atoms with van der Waals surface area (Å²) < 4.78 is 13.8. The normalized spacial score (nSPS) is 11.8. The number of halogens is 2. The molecule has 0 fully saturated rings. The molecule has 3 heteroatoms. The highest BCUT2D eigenvalue weighted by atomic mass is 35.5. The van der Waals surface area contributed by atoms with Crippen LogP contribution in [0.5, 0.6) is 0 Å². The van der Waals surface area contributed by atoms with Gasteiger partial charge in [-0.25, -0.2) is 4.39 Å². The molecule has 1 nitrogen and oxygen atoms in total. The Morgan fingerprint density at radius 3 is 2.41 bits per heavy atom. The lowest BCUT2D eigenvalue weighted by molar-refractivity contribution is 0.250. The van der Waals surface area contributed by atoms with Gasteiger partial charge in [0.1, 0.15) is 5.82 Å². The molecule has 1 rings (SSSR count). The molecule has 0 aliphatic carbocycles. The van der Waals surface area contributed by atoms with Crippen molar-refractivity contribution in [3.63, 3.8) is 0 Å². The van der Waals surface area contributed by atoms with Crippen molar-refractivity contribution in [2.24, 2.45) is 5.41 Å². The van der Waals surface area contributed by atoms with Crippen LogP contribution in [0.15, 0.2) is 18.2 Å². The average Bonchev–Trinajstić information content (AvgIpc) is 2.33. The highest BCUT2D eigenvalue weighted by Crippen LogP contribution is 2.33. The molecule has 0 saturated heterocycles. The molecule has 17 heavy (non-hydrogen) atoms. The molecule has 0 heterocycles. The van der Waals surface area contributed by atoms with Gasteiger partial charge in [-0.15, -0.1) is 0 Å². The van der Waals surface area contributed by atoms with E-state index in [0.29, 0.717) is 17.0 Å². The van der Waals surface area contributed by atoms with Gasteiger partial charge >= 0.3 is 0 Å². The van der Waals surface area contributed by atoms with Crippen molar-refractivity contribution >= 4 is 11.6 Å². The fourth-order valence-corrected chi connectivity index (χ4v) is 2.49. The fourth-order valence-electron chi connectivity index (χ4n) is 2.26. The lowest BCUT2D eigenvalue weighted by Gasteiger charge is -2.32. The minimum Gasteiger partial charge on any atom is -0.319 e. The summed E-state index contributed by atoms with van der Waals surface area (Å²) in [4.78, 5) is 0. The van der Waals surface area contributed by atoms with Crippen LogP contribution < -0.4 is 5.32 Å². The van der Waals surface area contributed by atoms with Gasteiger partial charge in [0.25, 0.3) is 0 Å². The molecule has 0 saturated carbocycles. The van der Waals surface area contributed by atoms with E-state index in [1.54, 1.807) is 12.1 Å². The van der Waals surface area contributed by atoms with Gasteiger partial charge in [-0.05, 0) is 43.9 Å². The summed E-state index contributed by atoms with van der Waals surface area (Å²) >= 11 is 6.09. The molecule has 0 radical (unpaired) electrons. The lowest BCUT2D eigenvalue weighted by atomic mass is 9.77. The van der Waals surface area contributed by atoms with Crippen LogP contribution in [0.25, 0.3) is 0 Å². The second-order valence-electron chi connectivity index (χ2n) is 4.61. The van der Waals surface area contributed by atoms with Crippen molar-refractivity contribution in [3.8, 4) is 0 Å². The van der Waals surface area contributed by atoms with Crippen molar-refractivity contribution in [1.82, 2.24) is 5.32 Å². The molecule has 1 aromatic carbocycles. The third-order valence-electron chi connectivity index (χ3n) is 3.67. The molecule has 96 valence electrons. The molecular formula is C14H21ClFN. The molecule has 0 atom stereocenters. The van der Waals surface area contributed by atoms with E-state index >= 15 is 0 Å². The third kappa shape index (κ3) is 3.43. The minimum atomic E-state index is -0.195. The van der Waals surface area contributed by atoms with Crippen molar-refractivity contribution in [3.05, 3.63) is 34.6 Å². The van der Waals surface area contributed by atoms with Crippen LogP contribution >= 0.6 is 11.6 Å². The van der Waals surface area contributed by atoms with Crippen molar-refractivity contribution in [2.45, 2.75) is 33.1 Å². The van der Waals surface area contributed by atoms with Crippen molar-refractivity contribution < 1.29 is 4.39 Å². The Labute approximate surface area is 108 Å². The second-order valence-corrected chi connectivity index (χ2v) is 5.02. The lowest BCUT2D eigenvalue weighted by Crippen LogP contribution is -2.34. The number of hydrogen-bond donors (Lipinski definition) is 1. The minimum absolute atomic E-state index is 0.0839. The first-order chi connectivity index (χ1) is 8.08. The first-order valence-electron chi connectivity index (χ1n) is 6.16. The van der Waals surface area contributed by atoms with Gasteiger partial charge in [0.05, 0.1) is 0 Å².